The van der Waals surface area contributed by atoms with E-state index in [0.29, 0.717) is 24.5 Å². The van der Waals surface area contributed by atoms with Crippen molar-refractivity contribution in [1.82, 2.24) is 15.3 Å². The summed E-state index contributed by atoms with van der Waals surface area (Å²) >= 11 is 0. The Morgan fingerprint density at radius 3 is 2.42 bits per heavy atom. The van der Waals surface area contributed by atoms with Crippen molar-refractivity contribution < 1.29 is 24.2 Å². The maximum Gasteiger partial charge on any atom is 0.356 e. The van der Waals surface area contributed by atoms with Crippen LogP contribution in [0.2, 0.25) is 0 Å². The molecule has 8 heteroatoms. The summed E-state index contributed by atoms with van der Waals surface area (Å²) in [5.74, 6) is -0.254. The second-order valence-electron chi connectivity index (χ2n) is 4.78. The molecule has 1 amide bonds. The zero-order valence-electron chi connectivity index (χ0n) is 13.3. The van der Waals surface area contributed by atoms with Gasteiger partial charge in [-0.3, -0.25) is 4.79 Å². The molecule has 24 heavy (non-hydrogen) atoms. The molecule has 0 bridgehead atoms. The fourth-order valence-electron chi connectivity index (χ4n) is 2.02. The van der Waals surface area contributed by atoms with Crippen LogP contribution in [-0.2, 0) is 6.42 Å². The van der Waals surface area contributed by atoms with Gasteiger partial charge in [-0.2, -0.15) is 0 Å². The van der Waals surface area contributed by atoms with Crippen LogP contribution in [0, 0.1) is 0 Å². The lowest BCUT2D eigenvalue weighted by atomic mass is 10.1. The number of carboxylic acids is 1. The van der Waals surface area contributed by atoms with Crippen LogP contribution in [0.1, 0.15) is 26.5 Å². The van der Waals surface area contributed by atoms with Crippen LogP contribution in [-0.4, -0.2) is 47.7 Å². The highest BCUT2D eigenvalue weighted by Crippen LogP contribution is 2.24. The lowest BCUT2D eigenvalue weighted by molar-refractivity contribution is 0.0689. The van der Waals surface area contributed by atoms with Crippen LogP contribution in [0.3, 0.4) is 0 Å². The average molecular weight is 331 g/mol. The number of carbonyl (C=O) groups is 2. The number of amides is 1. The van der Waals surface area contributed by atoms with E-state index in [1.165, 1.54) is 0 Å². The van der Waals surface area contributed by atoms with Crippen molar-refractivity contribution in [3.05, 3.63) is 47.5 Å². The van der Waals surface area contributed by atoms with Gasteiger partial charge in [0.1, 0.15) is 17.2 Å². The molecule has 0 atom stereocenters. The molecule has 2 rings (SSSR count). The number of methoxy groups -OCH3 is 2. The van der Waals surface area contributed by atoms with E-state index in [-0.39, 0.29) is 11.4 Å². The summed E-state index contributed by atoms with van der Waals surface area (Å²) in [6.45, 7) is 0.365. The van der Waals surface area contributed by atoms with E-state index < -0.39 is 11.9 Å². The first-order valence-corrected chi connectivity index (χ1v) is 7.09. The third-order valence-electron chi connectivity index (χ3n) is 3.28. The number of carboxylic acid groups (broad SMARTS) is 1. The van der Waals surface area contributed by atoms with Crippen LogP contribution < -0.4 is 14.8 Å². The van der Waals surface area contributed by atoms with Crippen molar-refractivity contribution in [3.63, 3.8) is 0 Å². The number of nitrogens with one attached hydrogen (secondary N) is 1. The zero-order chi connectivity index (χ0) is 17.5. The molecule has 2 N–H and O–H groups in total. The van der Waals surface area contributed by atoms with Gasteiger partial charge in [0.2, 0.25) is 0 Å². The van der Waals surface area contributed by atoms with Gasteiger partial charge in [0.15, 0.2) is 5.69 Å². The third kappa shape index (κ3) is 4.19. The van der Waals surface area contributed by atoms with E-state index in [9.17, 15) is 9.59 Å². The third-order valence-corrected chi connectivity index (χ3v) is 3.28. The fourth-order valence-corrected chi connectivity index (χ4v) is 2.02. The molecule has 1 aromatic heterocycles. The Hall–Kier alpha value is -3.16. The number of carbonyl (C=O) groups excluding carboxylic acids is 1. The Labute approximate surface area is 138 Å². The number of rotatable bonds is 7. The van der Waals surface area contributed by atoms with Crippen molar-refractivity contribution in [2.45, 2.75) is 6.42 Å². The Morgan fingerprint density at radius 2 is 1.83 bits per heavy atom. The Morgan fingerprint density at radius 1 is 1.12 bits per heavy atom. The van der Waals surface area contributed by atoms with Crippen LogP contribution in [0.25, 0.3) is 0 Å². The minimum absolute atomic E-state index is 0.0571. The zero-order valence-corrected chi connectivity index (χ0v) is 13.3. The van der Waals surface area contributed by atoms with Gasteiger partial charge in [-0.25, -0.2) is 14.8 Å². The first-order valence-electron chi connectivity index (χ1n) is 7.09. The predicted octanol–water partition coefficient (Wildman–Crippen LogP) is 1.16. The highest BCUT2D eigenvalue weighted by atomic mass is 16.5. The number of hydrogen-bond acceptors (Lipinski definition) is 6. The van der Waals surface area contributed by atoms with Gasteiger partial charge in [-0.05, 0) is 18.1 Å². The minimum Gasteiger partial charge on any atom is -0.497 e. The maximum atomic E-state index is 12.0. The summed E-state index contributed by atoms with van der Waals surface area (Å²) in [7, 11) is 3.14. The maximum absolute atomic E-state index is 12.0. The largest absolute Gasteiger partial charge is 0.497 e. The molecule has 0 aliphatic carbocycles. The molecule has 0 aliphatic rings. The SMILES string of the molecule is COc1ccc(CCNC(=O)c2cnc(C(=O)O)cn2)c(OC)c1. The lowest BCUT2D eigenvalue weighted by Gasteiger charge is -2.11. The van der Waals surface area contributed by atoms with Crippen LogP contribution in [0.4, 0.5) is 0 Å². The minimum atomic E-state index is -1.19. The second-order valence-corrected chi connectivity index (χ2v) is 4.78. The van der Waals surface area contributed by atoms with E-state index in [2.05, 4.69) is 15.3 Å². The van der Waals surface area contributed by atoms with Crippen molar-refractivity contribution >= 4 is 11.9 Å². The van der Waals surface area contributed by atoms with Gasteiger partial charge in [0.05, 0.1) is 26.6 Å². The van der Waals surface area contributed by atoms with Crippen LogP contribution >= 0.6 is 0 Å². The van der Waals surface area contributed by atoms with Crippen LogP contribution in [0.15, 0.2) is 30.6 Å². The summed E-state index contributed by atoms with van der Waals surface area (Å²) in [6.07, 6.45) is 2.73. The first-order chi connectivity index (χ1) is 11.5. The van der Waals surface area contributed by atoms with E-state index in [1.807, 2.05) is 12.1 Å². The number of aromatic carboxylic acids is 1. The molecule has 1 heterocycles. The van der Waals surface area contributed by atoms with Gasteiger partial charge in [-0.1, -0.05) is 6.07 Å². The van der Waals surface area contributed by atoms with E-state index >= 15 is 0 Å². The van der Waals surface area contributed by atoms with Crippen molar-refractivity contribution in [2.75, 3.05) is 20.8 Å². The Kier molecular flexibility index (Phi) is 5.67. The highest BCUT2D eigenvalue weighted by molar-refractivity contribution is 5.92. The Bertz CT molecular complexity index is 731. The van der Waals surface area contributed by atoms with Crippen molar-refractivity contribution in [3.8, 4) is 11.5 Å². The average Bonchev–Trinajstić information content (AvgIpc) is 2.61. The molecule has 126 valence electrons. The van der Waals surface area contributed by atoms with E-state index in [4.69, 9.17) is 14.6 Å². The molecule has 0 fully saturated rings. The molecule has 0 unspecified atom stereocenters. The van der Waals surface area contributed by atoms with Crippen molar-refractivity contribution in [2.24, 2.45) is 0 Å². The molecule has 0 saturated heterocycles. The molecule has 8 nitrogen and oxygen atoms in total. The van der Waals surface area contributed by atoms with Crippen LogP contribution in [0.5, 0.6) is 11.5 Å². The topological polar surface area (TPSA) is 111 Å². The summed E-state index contributed by atoms with van der Waals surface area (Å²) in [4.78, 5) is 30.1. The number of ether oxygens (including phenoxy) is 2. The van der Waals surface area contributed by atoms with E-state index in [1.54, 1.807) is 20.3 Å². The van der Waals surface area contributed by atoms with Gasteiger partial charge in [-0.15, -0.1) is 0 Å². The molecule has 2 aromatic rings. The first kappa shape index (κ1) is 17.2. The summed E-state index contributed by atoms with van der Waals surface area (Å²) < 4.78 is 10.4. The Balaban J connectivity index is 1.94. The smallest absolute Gasteiger partial charge is 0.356 e. The van der Waals surface area contributed by atoms with Gasteiger partial charge in [0, 0.05) is 12.6 Å². The number of benzene rings is 1. The summed E-state index contributed by atoms with van der Waals surface area (Å²) in [5, 5.41) is 11.4. The molecule has 0 aliphatic heterocycles. The molecular weight excluding hydrogens is 314 g/mol. The summed E-state index contributed by atoms with van der Waals surface area (Å²) in [6, 6.07) is 5.45. The fraction of sp³-hybridized carbons (Fsp3) is 0.250. The second kappa shape index (κ2) is 7.91. The van der Waals surface area contributed by atoms with Gasteiger partial charge in [0.25, 0.3) is 5.91 Å². The molecule has 1 aromatic carbocycles. The normalized spacial score (nSPS) is 10.1. The number of hydrogen-bond donors (Lipinski definition) is 2. The van der Waals surface area contributed by atoms with Crippen molar-refractivity contribution in [1.29, 1.82) is 0 Å². The number of aromatic nitrogens is 2. The van der Waals surface area contributed by atoms with E-state index in [0.717, 1.165) is 18.0 Å². The molecular formula is C16H17N3O5. The number of nitrogens with zero attached hydrogens (tertiary/aromatic N) is 2. The molecule has 0 saturated carbocycles. The predicted molar refractivity (Wildman–Crippen MR) is 84.6 cm³/mol. The quantitative estimate of drug-likeness (QED) is 0.783. The van der Waals surface area contributed by atoms with Gasteiger partial charge >= 0.3 is 5.97 Å². The van der Waals surface area contributed by atoms with Gasteiger partial charge < -0.3 is 19.9 Å². The summed E-state index contributed by atoms with van der Waals surface area (Å²) in [5.41, 5.74) is 0.766. The molecule has 0 spiro atoms. The highest BCUT2D eigenvalue weighted by Gasteiger charge is 2.11. The molecule has 0 radical (unpaired) electrons. The monoisotopic (exact) mass is 331 g/mol. The lowest BCUT2D eigenvalue weighted by Crippen LogP contribution is -2.27. The standard InChI is InChI=1S/C16H17N3O5/c1-23-11-4-3-10(14(7-11)24-2)5-6-17-15(20)12-8-19-13(9-18-12)16(21)22/h3-4,7-9H,5-6H2,1-2H3,(H,17,20)(H,21,22).